The number of anilines is 1. The Hall–Kier alpha value is -1.69. The van der Waals surface area contributed by atoms with Crippen LogP contribution >= 0.6 is 23.4 Å². The fourth-order valence-electron chi connectivity index (χ4n) is 2.63. The molecule has 0 radical (unpaired) electrons. The lowest BCUT2D eigenvalue weighted by atomic mass is 10.2. The number of benzene rings is 2. The average molecular weight is 378 g/mol. The Kier molecular flexibility index (Phi) is 6.24. The number of carbonyl (C=O) groups excluding carboxylic acids is 1. The lowest BCUT2D eigenvalue weighted by molar-refractivity contribution is 0.0680. The van der Waals surface area contributed by atoms with Crippen LogP contribution in [0.2, 0.25) is 5.02 Å². The number of amides is 1. The lowest BCUT2D eigenvalue weighted by Gasteiger charge is -2.13. The number of nitrogens with one attached hydrogen (secondary N) is 1. The van der Waals surface area contributed by atoms with E-state index in [1.807, 2.05) is 30.5 Å². The van der Waals surface area contributed by atoms with Crippen LogP contribution in [0.1, 0.15) is 23.2 Å². The first-order chi connectivity index (χ1) is 12.2. The van der Waals surface area contributed by atoms with Crippen LogP contribution in [0.3, 0.4) is 0 Å². The van der Waals surface area contributed by atoms with E-state index in [-0.39, 0.29) is 12.0 Å². The number of thioether (sulfide) groups is 1. The zero-order valence-electron chi connectivity index (χ0n) is 14.0. The molecule has 1 atom stereocenters. The van der Waals surface area contributed by atoms with Gasteiger partial charge in [0.05, 0.1) is 16.7 Å². The monoisotopic (exact) mass is 377 g/mol. The van der Waals surface area contributed by atoms with E-state index in [4.69, 9.17) is 21.1 Å². The molecule has 132 valence electrons. The molecule has 1 fully saturated rings. The second kappa shape index (κ2) is 8.61. The van der Waals surface area contributed by atoms with Gasteiger partial charge in [-0.1, -0.05) is 17.7 Å². The highest BCUT2D eigenvalue weighted by atomic mass is 35.5. The summed E-state index contributed by atoms with van der Waals surface area (Å²) in [5.41, 5.74) is 1.12. The molecule has 3 rings (SSSR count). The van der Waals surface area contributed by atoms with Gasteiger partial charge < -0.3 is 14.8 Å². The highest BCUT2D eigenvalue weighted by molar-refractivity contribution is 7.98. The maximum absolute atomic E-state index is 12.5. The maximum atomic E-state index is 12.5. The summed E-state index contributed by atoms with van der Waals surface area (Å²) in [6, 6.07) is 12.8. The number of carbonyl (C=O) groups is 1. The zero-order valence-corrected chi connectivity index (χ0v) is 15.5. The molecular formula is C19H20ClNO3S. The van der Waals surface area contributed by atoms with Crippen molar-refractivity contribution >= 4 is 35.0 Å². The average Bonchev–Trinajstić information content (AvgIpc) is 3.14. The first-order valence-electron chi connectivity index (χ1n) is 8.15. The molecule has 0 aromatic heterocycles. The Morgan fingerprint density at radius 3 is 3.00 bits per heavy atom. The van der Waals surface area contributed by atoms with E-state index in [9.17, 15) is 4.79 Å². The van der Waals surface area contributed by atoms with Crippen LogP contribution in [0.15, 0.2) is 47.4 Å². The largest absolute Gasteiger partial charge is 0.491 e. The molecule has 1 heterocycles. The van der Waals surface area contributed by atoms with Crippen molar-refractivity contribution in [2.45, 2.75) is 23.8 Å². The molecule has 0 bridgehead atoms. The van der Waals surface area contributed by atoms with E-state index in [0.29, 0.717) is 28.6 Å². The van der Waals surface area contributed by atoms with Gasteiger partial charge in [-0.3, -0.25) is 4.79 Å². The first-order valence-corrected chi connectivity index (χ1v) is 9.75. The fourth-order valence-corrected chi connectivity index (χ4v) is 3.28. The lowest BCUT2D eigenvalue weighted by Crippen LogP contribution is -2.16. The topological polar surface area (TPSA) is 47.6 Å². The molecule has 2 aromatic rings. The van der Waals surface area contributed by atoms with Crippen molar-refractivity contribution in [3.63, 3.8) is 0 Å². The number of ether oxygens (including phenoxy) is 2. The molecule has 1 aliphatic heterocycles. The van der Waals surface area contributed by atoms with Crippen LogP contribution in [0.25, 0.3) is 0 Å². The van der Waals surface area contributed by atoms with E-state index < -0.39 is 0 Å². The van der Waals surface area contributed by atoms with E-state index in [0.717, 1.165) is 24.3 Å². The van der Waals surface area contributed by atoms with Crippen molar-refractivity contribution in [2.75, 3.05) is 24.8 Å². The summed E-state index contributed by atoms with van der Waals surface area (Å²) in [6.45, 7) is 1.33. The molecule has 1 amide bonds. The van der Waals surface area contributed by atoms with Gasteiger partial charge in [0.15, 0.2) is 0 Å². The molecule has 0 saturated carbocycles. The third-order valence-electron chi connectivity index (χ3n) is 3.97. The number of rotatable bonds is 6. The third kappa shape index (κ3) is 4.91. The van der Waals surface area contributed by atoms with Crippen molar-refractivity contribution in [3.05, 3.63) is 53.1 Å². The molecule has 6 heteroatoms. The van der Waals surface area contributed by atoms with E-state index in [2.05, 4.69) is 5.32 Å². The Labute approximate surface area is 156 Å². The molecule has 0 spiro atoms. The van der Waals surface area contributed by atoms with Crippen LogP contribution in [-0.4, -0.2) is 31.5 Å². The zero-order chi connectivity index (χ0) is 17.6. The molecule has 1 unspecified atom stereocenters. The Bertz CT molecular complexity index is 747. The normalized spacial score (nSPS) is 16.6. The molecule has 2 aromatic carbocycles. The summed E-state index contributed by atoms with van der Waals surface area (Å²) in [4.78, 5) is 13.5. The van der Waals surface area contributed by atoms with Crippen molar-refractivity contribution < 1.29 is 14.3 Å². The van der Waals surface area contributed by atoms with Crippen molar-refractivity contribution in [1.82, 2.24) is 0 Å². The van der Waals surface area contributed by atoms with Crippen LogP contribution in [0, 0.1) is 0 Å². The minimum atomic E-state index is -0.239. The van der Waals surface area contributed by atoms with Crippen LogP contribution in [-0.2, 0) is 4.74 Å². The van der Waals surface area contributed by atoms with Crippen molar-refractivity contribution in [3.8, 4) is 5.75 Å². The standard InChI is InChI=1S/C19H20ClNO3S/c1-25-16-7-8-18(20)17(11-16)19(22)21-13-4-2-5-14(10-13)24-12-15-6-3-9-23-15/h2,4-5,7-8,10-11,15H,3,6,9,12H2,1H3,(H,21,22). The van der Waals surface area contributed by atoms with Gasteiger partial charge in [0.2, 0.25) is 0 Å². The third-order valence-corrected chi connectivity index (χ3v) is 5.02. The van der Waals surface area contributed by atoms with E-state index in [1.165, 1.54) is 0 Å². The summed E-state index contributed by atoms with van der Waals surface area (Å²) in [5, 5.41) is 3.31. The minimum Gasteiger partial charge on any atom is -0.491 e. The number of hydrogen-bond acceptors (Lipinski definition) is 4. The summed E-state index contributed by atoms with van der Waals surface area (Å²) < 4.78 is 11.3. The van der Waals surface area contributed by atoms with Gasteiger partial charge in [-0.25, -0.2) is 0 Å². The van der Waals surface area contributed by atoms with Gasteiger partial charge in [-0.2, -0.15) is 0 Å². The Balaban J connectivity index is 1.66. The number of halogens is 1. The summed E-state index contributed by atoms with van der Waals surface area (Å²) in [7, 11) is 0. The van der Waals surface area contributed by atoms with E-state index >= 15 is 0 Å². The smallest absolute Gasteiger partial charge is 0.257 e. The highest BCUT2D eigenvalue weighted by Gasteiger charge is 2.16. The molecular weight excluding hydrogens is 358 g/mol. The second-order valence-corrected chi connectivity index (χ2v) is 7.06. The highest BCUT2D eigenvalue weighted by Crippen LogP contribution is 2.25. The molecule has 1 aliphatic rings. The molecule has 4 nitrogen and oxygen atoms in total. The first kappa shape index (κ1) is 18.1. The fraction of sp³-hybridized carbons (Fsp3) is 0.316. The van der Waals surface area contributed by atoms with Crippen LogP contribution in [0.4, 0.5) is 5.69 Å². The summed E-state index contributed by atoms with van der Waals surface area (Å²) in [5.74, 6) is 0.467. The Morgan fingerprint density at radius 2 is 2.24 bits per heavy atom. The van der Waals surface area contributed by atoms with Crippen molar-refractivity contribution in [1.29, 1.82) is 0 Å². The van der Waals surface area contributed by atoms with Crippen LogP contribution < -0.4 is 10.1 Å². The maximum Gasteiger partial charge on any atom is 0.257 e. The molecule has 1 saturated heterocycles. The number of hydrogen-bond donors (Lipinski definition) is 1. The predicted octanol–water partition coefficient (Wildman–Crippen LogP) is 4.87. The SMILES string of the molecule is CSc1ccc(Cl)c(C(=O)Nc2cccc(OCC3CCCO3)c2)c1. The van der Waals surface area contributed by atoms with Gasteiger partial charge in [0, 0.05) is 23.3 Å². The van der Waals surface area contributed by atoms with Gasteiger partial charge in [-0.15, -0.1) is 11.8 Å². The minimum absolute atomic E-state index is 0.159. The van der Waals surface area contributed by atoms with E-state index in [1.54, 1.807) is 30.0 Å². The molecule has 1 N–H and O–H groups in total. The van der Waals surface area contributed by atoms with Gasteiger partial charge in [-0.05, 0) is 49.4 Å². The van der Waals surface area contributed by atoms with Gasteiger partial charge in [0.25, 0.3) is 5.91 Å². The predicted molar refractivity (Wildman–Crippen MR) is 102 cm³/mol. The summed E-state index contributed by atoms with van der Waals surface area (Å²) >= 11 is 7.73. The van der Waals surface area contributed by atoms with Gasteiger partial charge in [0.1, 0.15) is 12.4 Å². The molecule has 25 heavy (non-hydrogen) atoms. The van der Waals surface area contributed by atoms with Crippen LogP contribution in [0.5, 0.6) is 5.75 Å². The Morgan fingerprint density at radius 1 is 1.36 bits per heavy atom. The molecule has 0 aliphatic carbocycles. The van der Waals surface area contributed by atoms with Gasteiger partial charge >= 0.3 is 0 Å². The quantitative estimate of drug-likeness (QED) is 0.729. The summed E-state index contributed by atoms with van der Waals surface area (Å²) in [6.07, 6.45) is 4.23. The van der Waals surface area contributed by atoms with Crippen molar-refractivity contribution in [2.24, 2.45) is 0 Å². The second-order valence-electron chi connectivity index (χ2n) is 5.77.